The van der Waals surface area contributed by atoms with Crippen molar-refractivity contribution < 1.29 is 5.11 Å². The van der Waals surface area contributed by atoms with Crippen LogP contribution in [0.1, 0.15) is 18.1 Å². The van der Waals surface area contributed by atoms with E-state index < -0.39 is 0 Å². The summed E-state index contributed by atoms with van der Waals surface area (Å²) in [5.41, 5.74) is 10.8. The molecule has 0 amide bonds. The molecule has 7 nitrogen and oxygen atoms in total. The van der Waals surface area contributed by atoms with Gasteiger partial charge >= 0.3 is 0 Å². The third kappa shape index (κ3) is 4.09. The number of likely N-dealkylation sites (tertiary alicyclic amines) is 1. The van der Waals surface area contributed by atoms with E-state index in [-0.39, 0.29) is 5.75 Å². The van der Waals surface area contributed by atoms with Crippen molar-refractivity contribution in [3.8, 4) is 5.75 Å². The monoisotopic (exact) mass is 456 g/mol. The second kappa shape index (κ2) is 8.04. The Bertz CT molecular complexity index is 1070. The zero-order chi connectivity index (χ0) is 20.5. The summed E-state index contributed by atoms with van der Waals surface area (Å²) in [5.74, 6) is 1.24. The molecule has 1 fully saturated rings. The van der Waals surface area contributed by atoms with Crippen molar-refractivity contribution in [3.05, 3.63) is 52.3 Å². The molecule has 0 saturated carbocycles. The lowest BCUT2D eigenvalue weighted by atomic mass is 10.0. The maximum absolute atomic E-state index is 9.74. The number of phenolic OH excluding ortho intramolecular Hbond substituents is 1. The van der Waals surface area contributed by atoms with Gasteiger partial charge in [-0.3, -0.25) is 0 Å². The van der Waals surface area contributed by atoms with E-state index in [1.807, 2.05) is 23.7 Å². The predicted molar refractivity (Wildman–Crippen MR) is 120 cm³/mol. The molecule has 8 heteroatoms. The fraction of sp³-hybridized carbons (Fsp3) is 0.333. The summed E-state index contributed by atoms with van der Waals surface area (Å²) < 4.78 is 2.78. The molecule has 4 N–H and O–H groups in total. The van der Waals surface area contributed by atoms with Gasteiger partial charge in [0.1, 0.15) is 11.6 Å². The Hall–Kier alpha value is -2.58. The van der Waals surface area contributed by atoms with Gasteiger partial charge in [0.05, 0.1) is 28.7 Å². The van der Waals surface area contributed by atoms with Gasteiger partial charge in [-0.25, -0.2) is 9.51 Å². The zero-order valence-electron chi connectivity index (χ0n) is 16.6. The maximum atomic E-state index is 9.74. The summed E-state index contributed by atoms with van der Waals surface area (Å²) in [6, 6.07) is 7.17. The molecular weight excluding hydrogens is 432 g/mol. The van der Waals surface area contributed by atoms with Crippen LogP contribution in [0.25, 0.3) is 5.52 Å². The Morgan fingerprint density at radius 1 is 1.38 bits per heavy atom. The molecule has 0 unspecified atom stereocenters. The molecule has 0 atom stereocenters. The van der Waals surface area contributed by atoms with E-state index in [1.54, 1.807) is 24.4 Å². The minimum Gasteiger partial charge on any atom is -0.508 e. The molecule has 0 aliphatic carbocycles. The molecule has 0 radical (unpaired) electrons. The zero-order valence-corrected chi connectivity index (χ0v) is 18.1. The largest absolute Gasteiger partial charge is 0.508 e. The molecule has 1 aliphatic heterocycles. The van der Waals surface area contributed by atoms with Crippen LogP contribution < -0.4 is 11.1 Å². The summed E-state index contributed by atoms with van der Waals surface area (Å²) in [7, 11) is 2.13. The molecule has 1 saturated heterocycles. The Labute approximate surface area is 178 Å². The van der Waals surface area contributed by atoms with Gasteiger partial charge in [0, 0.05) is 36.2 Å². The van der Waals surface area contributed by atoms with Crippen LogP contribution in [0, 0.1) is 5.92 Å². The number of halogens is 1. The number of nitrogens with two attached hydrogens (primary N) is 1. The number of aryl methyl sites for hydroxylation is 1. The van der Waals surface area contributed by atoms with E-state index in [0.29, 0.717) is 11.8 Å². The topological polar surface area (TPSA) is 91.2 Å². The third-order valence-corrected chi connectivity index (χ3v) is 5.71. The second-order valence-corrected chi connectivity index (χ2v) is 8.47. The normalized spacial score (nSPS) is 15.6. The number of nitrogens with zero attached hydrogens (tertiary/aromatic N) is 4. The lowest BCUT2D eigenvalue weighted by Crippen LogP contribution is -2.46. The van der Waals surface area contributed by atoms with Crippen molar-refractivity contribution in [1.82, 2.24) is 14.5 Å². The second-order valence-electron chi connectivity index (χ2n) is 7.55. The first kappa shape index (κ1) is 19.7. The minimum absolute atomic E-state index is 0.230. The van der Waals surface area contributed by atoms with Gasteiger partial charge in [0.25, 0.3) is 0 Å². The van der Waals surface area contributed by atoms with E-state index in [2.05, 4.69) is 43.3 Å². The lowest BCUT2D eigenvalue weighted by molar-refractivity contribution is 0.144. The summed E-state index contributed by atoms with van der Waals surface area (Å²) in [6.07, 6.45) is 4.42. The summed E-state index contributed by atoms with van der Waals surface area (Å²) in [6.45, 7) is 5.07. The van der Waals surface area contributed by atoms with E-state index >= 15 is 0 Å². The minimum atomic E-state index is 0.230. The van der Waals surface area contributed by atoms with Crippen molar-refractivity contribution in [2.75, 3.05) is 32.0 Å². The Morgan fingerprint density at radius 3 is 2.90 bits per heavy atom. The van der Waals surface area contributed by atoms with Gasteiger partial charge in [-0.1, -0.05) is 6.92 Å². The molecule has 0 spiro atoms. The van der Waals surface area contributed by atoms with Crippen molar-refractivity contribution in [2.45, 2.75) is 13.3 Å². The Kier molecular flexibility index (Phi) is 5.47. The average Bonchev–Trinajstić information content (AvgIpc) is 3.05. The van der Waals surface area contributed by atoms with Crippen molar-refractivity contribution in [2.24, 2.45) is 16.6 Å². The Morgan fingerprint density at radius 2 is 2.17 bits per heavy atom. The SMILES string of the molecule is CCc1cc(O)ccc1/N=C(\N)c1cnn2cc(Br)cc2c1NCC1CN(C)C1. The van der Waals surface area contributed by atoms with E-state index in [0.717, 1.165) is 58.5 Å². The van der Waals surface area contributed by atoms with Crippen LogP contribution in [-0.4, -0.2) is 52.1 Å². The standard InChI is InChI=1S/C21H25BrN6O/c1-3-14-6-16(29)4-5-18(14)26-21(23)17-9-25-28-12-15(22)7-19(28)20(17)24-8-13-10-27(2)11-13/h4-7,9,12-13,24,29H,3,8,10-11H2,1-2H3,(H2,23,26). The molecule has 2 aromatic heterocycles. The summed E-state index contributed by atoms with van der Waals surface area (Å²) >= 11 is 3.53. The van der Waals surface area contributed by atoms with Gasteiger partial charge in [-0.05, 0) is 59.2 Å². The van der Waals surface area contributed by atoms with Gasteiger partial charge in [-0.15, -0.1) is 0 Å². The smallest absolute Gasteiger partial charge is 0.135 e. The molecule has 1 aliphatic rings. The number of aromatic nitrogens is 2. The van der Waals surface area contributed by atoms with Crippen molar-refractivity contribution >= 4 is 38.7 Å². The summed E-state index contributed by atoms with van der Waals surface area (Å²) in [4.78, 5) is 6.96. The van der Waals surface area contributed by atoms with E-state index in [1.165, 1.54) is 0 Å². The molecule has 3 aromatic rings. The quantitative estimate of drug-likeness (QED) is 0.390. The van der Waals surface area contributed by atoms with Gasteiger partial charge in [-0.2, -0.15) is 5.10 Å². The molecule has 4 rings (SSSR count). The van der Waals surface area contributed by atoms with Crippen LogP contribution in [-0.2, 0) is 6.42 Å². The van der Waals surface area contributed by atoms with E-state index in [4.69, 9.17) is 5.73 Å². The molecule has 152 valence electrons. The number of nitrogens with one attached hydrogen (secondary N) is 1. The first-order chi connectivity index (χ1) is 13.9. The highest BCUT2D eigenvalue weighted by atomic mass is 79.9. The fourth-order valence-electron chi connectivity index (χ4n) is 3.76. The number of benzene rings is 1. The Balaban J connectivity index is 1.72. The highest BCUT2D eigenvalue weighted by Crippen LogP contribution is 2.29. The number of anilines is 1. The highest BCUT2D eigenvalue weighted by molar-refractivity contribution is 9.10. The number of rotatable bonds is 6. The van der Waals surface area contributed by atoms with Crippen LogP contribution in [0.15, 0.2) is 46.1 Å². The molecule has 0 bridgehead atoms. The van der Waals surface area contributed by atoms with Crippen molar-refractivity contribution in [3.63, 3.8) is 0 Å². The van der Waals surface area contributed by atoms with Gasteiger partial charge in [0.2, 0.25) is 0 Å². The number of hydrogen-bond acceptors (Lipinski definition) is 5. The van der Waals surface area contributed by atoms with Crippen LogP contribution in [0.2, 0.25) is 0 Å². The molecule has 29 heavy (non-hydrogen) atoms. The maximum Gasteiger partial charge on any atom is 0.135 e. The molecule has 3 heterocycles. The van der Waals surface area contributed by atoms with Gasteiger partial charge < -0.3 is 21.1 Å². The molecular formula is C21H25BrN6O. The lowest BCUT2D eigenvalue weighted by Gasteiger charge is -2.36. The van der Waals surface area contributed by atoms with Gasteiger partial charge in [0.15, 0.2) is 0 Å². The molecule has 1 aromatic carbocycles. The highest BCUT2D eigenvalue weighted by Gasteiger charge is 2.24. The number of phenols is 1. The predicted octanol–water partition coefficient (Wildman–Crippen LogP) is 3.38. The number of aromatic hydroxyl groups is 1. The van der Waals surface area contributed by atoms with Crippen LogP contribution >= 0.6 is 15.9 Å². The van der Waals surface area contributed by atoms with Crippen LogP contribution in [0.4, 0.5) is 11.4 Å². The van der Waals surface area contributed by atoms with Crippen LogP contribution in [0.3, 0.4) is 0 Å². The average molecular weight is 457 g/mol. The summed E-state index contributed by atoms with van der Waals surface area (Å²) in [5, 5.41) is 17.8. The number of hydrogen-bond donors (Lipinski definition) is 3. The van der Waals surface area contributed by atoms with Crippen molar-refractivity contribution in [1.29, 1.82) is 0 Å². The van der Waals surface area contributed by atoms with Crippen LogP contribution in [0.5, 0.6) is 5.75 Å². The van der Waals surface area contributed by atoms with E-state index in [9.17, 15) is 5.11 Å². The number of amidine groups is 1. The fourth-order valence-corrected chi connectivity index (χ4v) is 4.17. The first-order valence-electron chi connectivity index (χ1n) is 9.70. The third-order valence-electron chi connectivity index (χ3n) is 5.27. The number of fused-ring (bicyclic) bond motifs is 1. The number of aliphatic imine (C=N–C) groups is 1. The first-order valence-corrected chi connectivity index (χ1v) is 10.5.